The Kier molecular flexibility index (Phi) is 27.7. The van der Waals surface area contributed by atoms with Gasteiger partial charge < -0.3 is 62.3 Å². The molecule has 16 atom stereocenters. The van der Waals surface area contributed by atoms with E-state index < -0.39 is 65.4 Å². The third-order valence-electron chi connectivity index (χ3n) is 15.4. The van der Waals surface area contributed by atoms with Crippen molar-refractivity contribution in [2.75, 3.05) is 62.1 Å². The Morgan fingerprint density at radius 1 is 0.697 bits per heavy atom. The Morgan fingerprint density at radius 3 is 1.33 bits per heavy atom. The zero-order valence-electron chi connectivity index (χ0n) is 49.1. The minimum atomic E-state index is -1.13. The molecule has 0 bridgehead atoms. The van der Waals surface area contributed by atoms with Gasteiger partial charge in [-0.15, -0.1) is 0 Å². The van der Waals surface area contributed by atoms with Gasteiger partial charge in [-0.3, -0.25) is 4.70 Å². The maximum absolute atomic E-state index is 12.7. The van der Waals surface area contributed by atoms with Crippen LogP contribution in [0.3, 0.4) is 0 Å². The van der Waals surface area contributed by atoms with E-state index in [4.69, 9.17) is 58.4 Å². The topological polar surface area (TPSA) is 251 Å². The van der Waals surface area contributed by atoms with E-state index in [0.717, 1.165) is 19.3 Å². The Bertz CT molecular complexity index is 1890. The molecule has 2 fully saturated rings. The normalized spacial score (nSPS) is 29.2. The Labute approximate surface area is 453 Å². The van der Waals surface area contributed by atoms with Gasteiger partial charge in [0, 0.05) is 94.1 Å². The molecule has 0 aromatic carbocycles. The molecule has 4 aliphatic heterocycles. The fourth-order valence-electron chi connectivity index (χ4n) is 11.0. The number of hydrogen-bond acceptors (Lipinski definition) is 17. The molecule has 22 heteroatoms. The highest BCUT2D eigenvalue weighted by Gasteiger charge is 2.51. The van der Waals surface area contributed by atoms with Crippen molar-refractivity contribution >= 4 is 11.9 Å². The van der Waals surface area contributed by atoms with Gasteiger partial charge in [-0.1, -0.05) is 72.5 Å². The molecular formula is C54H99FN8O13. The summed E-state index contributed by atoms with van der Waals surface area (Å²) in [4.78, 5) is 35.5. The van der Waals surface area contributed by atoms with E-state index in [0.29, 0.717) is 41.4 Å². The number of hydrogen-bond donors (Lipinski definition) is 1. The van der Waals surface area contributed by atoms with Crippen molar-refractivity contribution in [1.29, 1.82) is 0 Å². The molecule has 6 unspecified atom stereocenters. The smallest absolute Gasteiger partial charge is 0.340 e. The number of aliphatic hydroxyl groups excluding tert-OH is 1. The first-order chi connectivity index (χ1) is 34.4. The fourth-order valence-corrected chi connectivity index (χ4v) is 11.0. The van der Waals surface area contributed by atoms with Crippen molar-refractivity contribution in [3.8, 4) is 0 Å². The summed E-state index contributed by atoms with van der Waals surface area (Å²) in [5.41, 5.74) is 17.0. The SMILES string of the molecule is C.CC[C@H](C)C[C@@](C)(OC)[C@H](O[C@@H]1OC(CN=[N+]=[N-])CC(N(C)C)C1C)[C@@H](C)C1=C(C)C(=O)OC(C)(C)O1.CO[C@](C)(C[C@@H](C)CO)[C@H](O[C@@H]1OC(CN=[N+]=[N-])CC(N(C)C)C1C)[C@@H](C)C1=C(C)C(=O)OC(C)(C)O1.F. The summed E-state index contributed by atoms with van der Waals surface area (Å²) >= 11 is 0. The second kappa shape index (κ2) is 30.0. The third-order valence-corrected chi connectivity index (χ3v) is 15.4. The van der Waals surface area contributed by atoms with Crippen LogP contribution in [-0.4, -0.2) is 161 Å². The van der Waals surface area contributed by atoms with Gasteiger partial charge in [0.05, 0.1) is 59.9 Å². The molecule has 0 spiro atoms. The molecule has 4 heterocycles. The highest BCUT2D eigenvalue weighted by atomic mass is 19.0. The van der Waals surface area contributed by atoms with Gasteiger partial charge in [-0.05, 0) is 104 Å². The van der Waals surface area contributed by atoms with E-state index in [-0.39, 0.29) is 79.8 Å². The number of nitrogens with zero attached hydrogens (tertiary/aromatic N) is 8. The maximum Gasteiger partial charge on any atom is 0.340 e. The lowest BCUT2D eigenvalue weighted by Crippen LogP contribution is -2.56. The summed E-state index contributed by atoms with van der Waals surface area (Å²) in [6.45, 7) is 29.1. The summed E-state index contributed by atoms with van der Waals surface area (Å²) in [6.07, 6.45) is 0.725. The van der Waals surface area contributed by atoms with E-state index in [9.17, 15) is 14.7 Å². The van der Waals surface area contributed by atoms with Crippen LogP contribution < -0.4 is 0 Å². The first-order valence-electron chi connectivity index (χ1n) is 26.3. The van der Waals surface area contributed by atoms with E-state index in [1.165, 1.54) is 0 Å². The predicted octanol–water partition coefficient (Wildman–Crippen LogP) is 10.2. The Balaban J connectivity index is 0.000000741. The van der Waals surface area contributed by atoms with E-state index in [1.54, 1.807) is 55.8 Å². The zero-order valence-corrected chi connectivity index (χ0v) is 49.1. The highest BCUT2D eigenvalue weighted by Crippen LogP contribution is 2.44. The molecule has 0 radical (unpaired) electrons. The van der Waals surface area contributed by atoms with Gasteiger partial charge >= 0.3 is 11.9 Å². The molecule has 0 aromatic rings. The Hall–Kier alpha value is -3.79. The number of methoxy groups -OCH3 is 2. The number of azide groups is 2. The van der Waals surface area contributed by atoms with Crippen LogP contribution in [0.15, 0.2) is 32.9 Å². The van der Waals surface area contributed by atoms with Crippen molar-refractivity contribution in [2.45, 2.75) is 215 Å². The van der Waals surface area contributed by atoms with Crippen molar-refractivity contribution in [3.63, 3.8) is 0 Å². The molecule has 21 nitrogen and oxygen atoms in total. The zero-order chi connectivity index (χ0) is 56.3. The monoisotopic (exact) mass is 1090 g/mol. The standard InChI is InChI=1S/C27H48N4O6.C26H46N4O7.CH4.FH/c1-12-16(2)14-27(8,33-11)23(18(4)22-19(5)24(32)37-26(6,7)36-22)35-25-17(3)21(31(9)10)13-20(34-25)15-29-30-28;1-15(14-31)12-26(7,33-10)22(17(3)21-18(4)23(32)37-25(5,6)36-21)35-24-16(2)20(30(8)9)11-19(34-24)13-28-29-27;;/h16-18,20-21,23,25H,12-15H2,1-11H3;15-17,19-20,22,24,31H,11-14H2,1-10H3;1H4;1H/t16-,17?,18-,20?,21?,23+,25-,27+;15-,16?,17+,19?,20?,22-,24+,26-;;/m01../s1. The van der Waals surface area contributed by atoms with Crippen molar-refractivity contribution in [3.05, 3.63) is 43.6 Å². The second-order valence-corrected chi connectivity index (χ2v) is 23.0. The molecular weight excluding hydrogens is 988 g/mol. The first-order valence-corrected chi connectivity index (χ1v) is 26.3. The van der Waals surface area contributed by atoms with E-state index >= 15 is 0 Å². The minimum Gasteiger partial charge on any atom is -0.456 e. The Morgan fingerprint density at radius 2 is 1.04 bits per heavy atom. The van der Waals surface area contributed by atoms with Gasteiger partial charge in [0.2, 0.25) is 11.6 Å². The van der Waals surface area contributed by atoms with Crippen LogP contribution in [0.5, 0.6) is 0 Å². The molecule has 1 N–H and O–H groups in total. The molecule has 76 heavy (non-hydrogen) atoms. The first kappa shape index (κ1) is 70.2. The van der Waals surface area contributed by atoms with Gasteiger partial charge in [0.1, 0.15) is 11.5 Å². The van der Waals surface area contributed by atoms with Crippen LogP contribution in [0.25, 0.3) is 20.9 Å². The summed E-state index contributed by atoms with van der Waals surface area (Å²) in [7, 11) is 11.4. The molecule has 4 rings (SSSR count). The number of aliphatic hydroxyl groups is 1. The van der Waals surface area contributed by atoms with Crippen LogP contribution in [0.4, 0.5) is 4.70 Å². The average Bonchev–Trinajstić information content (AvgIpc) is 3.33. The van der Waals surface area contributed by atoms with Crippen LogP contribution in [0.1, 0.15) is 143 Å². The lowest BCUT2D eigenvalue weighted by atomic mass is 9.80. The molecule has 0 aliphatic carbocycles. The van der Waals surface area contributed by atoms with Crippen LogP contribution in [0, 0.1) is 35.5 Å². The lowest BCUT2D eigenvalue weighted by molar-refractivity contribution is -0.286. The lowest BCUT2D eigenvalue weighted by Gasteiger charge is -2.48. The highest BCUT2D eigenvalue weighted by molar-refractivity contribution is 5.89. The summed E-state index contributed by atoms with van der Waals surface area (Å²) in [5, 5.41) is 17.3. The van der Waals surface area contributed by atoms with Gasteiger partial charge in [-0.2, -0.15) is 0 Å². The molecule has 4 aliphatic rings. The van der Waals surface area contributed by atoms with Crippen LogP contribution in [-0.2, 0) is 57.0 Å². The predicted molar refractivity (Wildman–Crippen MR) is 289 cm³/mol. The largest absolute Gasteiger partial charge is 0.456 e. The maximum atomic E-state index is 12.7. The number of carbonyl (C=O) groups is 2. The summed E-state index contributed by atoms with van der Waals surface area (Å²) in [5.74, 6) is -2.48. The quantitative estimate of drug-likeness (QED) is 0.0408. The van der Waals surface area contributed by atoms with Gasteiger partial charge in [-0.25, -0.2) is 9.59 Å². The third kappa shape index (κ3) is 18.1. The van der Waals surface area contributed by atoms with Gasteiger partial charge in [0.25, 0.3) is 0 Å². The van der Waals surface area contributed by atoms with Crippen molar-refractivity contribution in [1.82, 2.24) is 9.80 Å². The van der Waals surface area contributed by atoms with E-state index in [2.05, 4.69) is 64.5 Å². The molecule has 2 saturated heterocycles. The number of esters is 2. The molecule has 0 aromatic heterocycles. The van der Waals surface area contributed by atoms with Crippen LogP contribution in [0.2, 0.25) is 0 Å². The molecule has 0 saturated carbocycles. The number of halogens is 1. The number of rotatable bonds is 24. The number of cyclic esters (lactones) is 2. The number of carbonyl (C=O) groups excluding carboxylic acids is 2. The minimum absolute atomic E-state index is 0. The molecule has 440 valence electrons. The van der Waals surface area contributed by atoms with E-state index in [1.807, 2.05) is 55.9 Å². The summed E-state index contributed by atoms with van der Waals surface area (Å²) in [6, 6.07) is 0.289. The van der Waals surface area contributed by atoms with Crippen LogP contribution >= 0.6 is 0 Å². The summed E-state index contributed by atoms with van der Waals surface area (Å²) < 4.78 is 61.9. The van der Waals surface area contributed by atoms with Gasteiger partial charge in [0.15, 0.2) is 12.6 Å². The second-order valence-electron chi connectivity index (χ2n) is 23.0. The van der Waals surface area contributed by atoms with Crippen molar-refractivity contribution in [2.24, 2.45) is 45.7 Å². The fraction of sp³-hybridized carbons (Fsp3) is 0.889. The number of ether oxygens (including phenoxy) is 10. The van der Waals surface area contributed by atoms with Crippen molar-refractivity contribution < 1.29 is 66.8 Å². The average molecular weight is 1090 g/mol. The molecule has 0 amide bonds.